The van der Waals surface area contributed by atoms with Gasteiger partial charge in [0.2, 0.25) is 0 Å². The molecule has 1 aromatic carbocycles. The standard InChI is InChI=1S/C15H16Br2N2O/c1-10(14-5-3-4-6-18-14)19-9-11-7-12(16)15(20-2)13(17)8-11/h3-8,10,19H,9H2,1-2H3/t10-/m0/s1. The van der Waals surface area contributed by atoms with E-state index in [0.717, 1.165) is 26.9 Å². The number of aromatic nitrogens is 1. The predicted molar refractivity (Wildman–Crippen MR) is 87.9 cm³/mol. The van der Waals surface area contributed by atoms with Crippen molar-refractivity contribution in [3.8, 4) is 5.75 Å². The van der Waals surface area contributed by atoms with Gasteiger partial charge in [-0.2, -0.15) is 0 Å². The van der Waals surface area contributed by atoms with Crippen LogP contribution in [-0.2, 0) is 6.54 Å². The summed E-state index contributed by atoms with van der Waals surface area (Å²) >= 11 is 7.03. The average molecular weight is 400 g/mol. The molecule has 0 amide bonds. The molecule has 2 rings (SSSR count). The van der Waals surface area contributed by atoms with E-state index in [0.29, 0.717) is 0 Å². The third-order valence-corrected chi connectivity index (χ3v) is 4.18. The Morgan fingerprint density at radius 3 is 2.50 bits per heavy atom. The van der Waals surface area contributed by atoms with Gasteiger partial charge in [-0.15, -0.1) is 0 Å². The van der Waals surface area contributed by atoms with Crippen LogP contribution in [-0.4, -0.2) is 12.1 Å². The molecule has 0 fully saturated rings. The summed E-state index contributed by atoms with van der Waals surface area (Å²) in [5.41, 5.74) is 2.21. The zero-order chi connectivity index (χ0) is 14.5. The van der Waals surface area contributed by atoms with Gasteiger partial charge in [-0.3, -0.25) is 4.98 Å². The Balaban J connectivity index is 2.04. The van der Waals surface area contributed by atoms with Gasteiger partial charge in [0.15, 0.2) is 0 Å². The lowest BCUT2D eigenvalue weighted by molar-refractivity contribution is 0.409. The first kappa shape index (κ1) is 15.5. The van der Waals surface area contributed by atoms with E-state index >= 15 is 0 Å². The van der Waals surface area contributed by atoms with E-state index < -0.39 is 0 Å². The molecule has 0 aliphatic carbocycles. The zero-order valence-electron chi connectivity index (χ0n) is 11.4. The summed E-state index contributed by atoms with van der Waals surface area (Å²) in [4.78, 5) is 4.35. The number of methoxy groups -OCH3 is 1. The molecular formula is C15H16Br2N2O. The van der Waals surface area contributed by atoms with Crippen LogP contribution in [0.25, 0.3) is 0 Å². The lowest BCUT2D eigenvalue weighted by atomic mass is 10.1. The number of hydrogen-bond acceptors (Lipinski definition) is 3. The van der Waals surface area contributed by atoms with Gasteiger partial charge < -0.3 is 10.1 Å². The average Bonchev–Trinajstić information content (AvgIpc) is 2.45. The first-order chi connectivity index (χ1) is 9.61. The Hall–Kier alpha value is -0.910. The Bertz CT molecular complexity index is 552. The molecule has 0 saturated carbocycles. The second kappa shape index (κ2) is 7.20. The quantitative estimate of drug-likeness (QED) is 0.805. The van der Waals surface area contributed by atoms with Crippen LogP contribution in [0.1, 0.15) is 24.2 Å². The highest BCUT2D eigenvalue weighted by Crippen LogP contribution is 2.34. The molecule has 3 nitrogen and oxygen atoms in total. The van der Waals surface area contributed by atoms with E-state index in [1.54, 1.807) is 7.11 Å². The third-order valence-electron chi connectivity index (χ3n) is 3.01. The van der Waals surface area contributed by atoms with Crippen molar-refractivity contribution in [2.24, 2.45) is 0 Å². The largest absolute Gasteiger partial charge is 0.494 e. The number of ether oxygens (including phenoxy) is 1. The molecule has 1 N–H and O–H groups in total. The minimum Gasteiger partial charge on any atom is -0.494 e. The fourth-order valence-corrected chi connectivity index (χ4v) is 3.52. The van der Waals surface area contributed by atoms with Crippen LogP contribution < -0.4 is 10.1 Å². The van der Waals surface area contributed by atoms with Crippen LogP contribution in [0.2, 0.25) is 0 Å². The van der Waals surface area contributed by atoms with Crippen molar-refractivity contribution in [2.45, 2.75) is 19.5 Å². The fourth-order valence-electron chi connectivity index (χ4n) is 1.92. The molecule has 5 heteroatoms. The number of pyridine rings is 1. The molecule has 0 radical (unpaired) electrons. The molecule has 0 bridgehead atoms. The number of nitrogens with zero attached hydrogens (tertiary/aromatic N) is 1. The zero-order valence-corrected chi connectivity index (χ0v) is 14.5. The smallest absolute Gasteiger partial charge is 0.147 e. The molecule has 20 heavy (non-hydrogen) atoms. The maximum atomic E-state index is 5.30. The second-order valence-corrected chi connectivity index (χ2v) is 6.16. The van der Waals surface area contributed by atoms with E-state index in [4.69, 9.17) is 4.74 Å². The topological polar surface area (TPSA) is 34.1 Å². The summed E-state index contributed by atoms with van der Waals surface area (Å²) in [6.07, 6.45) is 1.81. The van der Waals surface area contributed by atoms with Crippen LogP contribution in [0, 0.1) is 0 Å². The molecule has 1 heterocycles. The van der Waals surface area contributed by atoms with Gasteiger partial charge in [0.05, 0.1) is 21.7 Å². The van der Waals surface area contributed by atoms with Gasteiger partial charge >= 0.3 is 0 Å². The number of hydrogen-bond donors (Lipinski definition) is 1. The number of benzene rings is 1. The molecule has 0 aliphatic heterocycles. The van der Waals surface area contributed by atoms with Crippen LogP contribution >= 0.6 is 31.9 Å². The monoisotopic (exact) mass is 398 g/mol. The summed E-state index contributed by atoms with van der Waals surface area (Å²) < 4.78 is 7.18. The summed E-state index contributed by atoms with van der Waals surface area (Å²) in [7, 11) is 1.66. The maximum absolute atomic E-state index is 5.30. The van der Waals surface area contributed by atoms with E-state index in [-0.39, 0.29) is 6.04 Å². The highest BCUT2D eigenvalue weighted by atomic mass is 79.9. The first-order valence-corrected chi connectivity index (χ1v) is 7.86. The van der Waals surface area contributed by atoms with Crippen LogP contribution in [0.3, 0.4) is 0 Å². The van der Waals surface area contributed by atoms with Gasteiger partial charge in [0.1, 0.15) is 5.75 Å². The van der Waals surface area contributed by atoms with Gasteiger partial charge in [-0.1, -0.05) is 6.07 Å². The molecule has 0 saturated heterocycles. The SMILES string of the molecule is COc1c(Br)cc(CN[C@@H](C)c2ccccn2)cc1Br. The van der Waals surface area contributed by atoms with Gasteiger partial charge in [-0.05, 0) is 68.6 Å². The van der Waals surface area contributed by atoms with Crippen molar-refractivity contribution < 1.29 is 4.74 Å². The summed E-state index contributed by atoms with van der Waals surface area (Å²) in [5, 5.41) is 3.46. The maximum Gasteiger partial charge on any atom is 0.147 e. The molecule has 106 valence electrons. The molecule has 1 atom stereocenters. The highest BCUT2D eigenvalue weighted by Gasteiger charge is 2.09. The molecule has 1 aromatic heterocycles. The Morgan fingerprint density at radius 2 is 1.95 bits per heavy atom. The van der Waals surface area contributed by atoms with E-state index in [1.807, 2.05) is 24.4 Å². The van der Waals surface area contributed by atoms with Gasteiger partial charge in [0, 0.05) is 18.8 Å². The second-order valence-electron chi connectivity index (χ2n) is 4.45. The predicted octanol–water partition coefficient (Wildman–Crippen LogP) is 4.47. The summed E-state index contributed by atoms with van der Waals surface area (Å²) in [5.74, 6) is 0.812. The summed E-state index contributed by atoms with van der Waals surface area (Å²) in [6.45, 7) is 2.87. The van der Waals surface area contributed by atoms with E-state index in [1.165, 1.54) is 5.56 Å². The third kappa shape index (κ3) is 3.81. The van der Waals surface area contributed by atoms with Crippen LogP contribution in [0.15, 0.2) is 45.5 Å². The Kier molecular flexibility index (Phi) is 5.57. The van der Waals surface area contributed by atoms with Crippen LogP contribution in [0.5, 0.6) is 5.75 Å². The number of halogens is 2. The molecule has 0 aliphatic rings. The first-order valence-electron chi connectivity index (χ1n) is 6.28. The van der Waals surface area contributed by atoms with Crippen molar-refractivity contribution in [1.82, 2.24) is 10.3 Å². The fraction of sp³-hybridized carbons (Fsp3) is 0.267. The molecule has 0 spiro atoms. The molecule has 2 aromatic rings. The van der Waals surface area contributed by atoms with Crippen molar-refractivity contribution in [2.75, 3.05) is 7.11 Å². The Labute approximate surface area is 136 Å². The lowest BCUT2D eigenvalue weighted by Gasteiger charge is -2.14. The van der Waals surface area contributed by atoms with E-state index in [9.17, 15) is 0 Å². The lowest BCUT2D eigenvalue weighted by Crippen LogP contribution is -2.19. The van der Waals surface area contributed by atoms with Crippen molar-refractivity contribution in [3.63, 3.8) is 0 Å². The van der Waals surface area contributed by atoms with Crippen LogP contribution in [0.4, 0.5) is 0 Å². The minimum absolute atomic E-state index is 0.204. The van der Waals surface area contributed by atoms with Crippen molar-refractivity contribution in [3.05, 3.63) is 56.7 Å². The Morgan fingerprint density at radius 1 is 1.25 bits per heavy atom. The summed E-state index contributed by atoms with van der Waals surface area (Å²) in [6, 6.07) is 10.3. The number of nitrogens with one attached hydrogen (secondary N) is 1. The molecular weight excluding hydrogens is 384 g/mol. The van der Waals surface area contributed by atoms with Gasteiger partial charge in [-0.25, -0.2) is 0 Å². The van der Waals surface area contributed by atoms with E-state index in [2.05, 4.69) is 61.2 Å². The highest BCUT2D eigenvalue weighted by molar-refractivity contribution is 9.11. The van der Waals surface area contributed by atoms with Crippen molar-refractivity contribution in [1.29, 1.82) is 0 Å². The normalized spacial score (nSPS) is 12.2. The molecule has 0 unspecified atom stereocenters. The number of rotatable bonds is 5. The minimum atomic E-state index is 0.204. The van der Waals surface area contributed by atoms with Crippen molar-refractivity contribution >= 4 is 31.9 Å². The van der Waals surface area contributed by atoms with Gasteiger partial charge in [0.25, 0.3) is 0 Å².